The van der Waals surface area contributed by atoms with Crippen LogP contribution in [0.3, 0.4) is 0 Å². The van der Waals surface area contributed by atoms with Crippen LogP contribution in [0.25, 0.3) is 0 Å². The number of nitrogens with zero attached hydrogens (tertiary/aromatic N) is 2. The van der Waals surface area contributed by atoms with Gasteiger partial charge in [0, 0.05) is 6.54 Å². The summed E-state index contributed by atoms with van der Waals surface area (Å²) in [5.74, 6) is 0.579. The molecule has 62 valence electrons. The van der Waals surface area contributed by atoms with Crippen molar-refractivity contribution < 1.29 is 4.79 Å². The van der Waals surface area contributed by atoms with Crippen LogP contribution in [0.2, 0.25) is 0 Å². The Morgan fingerprint density at radius 2 is 2.55 bits per heavy atom. The molecule has 0 radical (unpaired) electrons. The van der Waals surface area contributed by atoms with Gasteiger partial charge in [0.1, 0.15) is 0 Å². The van der Waals surface area contributed by atoms with Crippen molar-refractivity contribution in [3.63, 3.8) is 0 Å². The van der Waals surface area contributed by atoms with Crippen LogP contribution in [-0.4, -0.2) is 37.7 Å². The summed E-state index contributed by atoms with van der Waals surface area (Å²) < 4.78 is 0. The predicted octanol–water partition coefficient (Wildman–Crippen LogP) is 0.664. The molecule has 1 saturated heterocycles. The molecule has 0 bridgehead atoms. The van der Waals surface area contributed by atoms with Gasteiger partial charge in [-0.05, 0) is 32.4 Å². The van der Waals surface area contributed by atoms with E-state index < -0.39 is 0 Å². The molecule has 0 aromatic heterocycles. The van der Waals surface area contributed by atoms with E-state index in [0.717, 1.165) is 6.54 Å². The first kappa shape index (κ1) is 8.44. The van der Waals surface area contributed by atoms with Crippen molar-refractivity contribution in [3.8, 4) is 0 Å². The summed E-state index contributed by atoms with van der Waals surface area (Å²) in [6.07, 6.45) is 4.02. The third kappa shape index (κ3) is 2.83. The number of likely N-dealkylation sites (tertiary alicyclic amines) is 1. The first-order valence-electron chi connectivity index (χ1n) is 4.05. The number of carbonyl (C=O) groups excluding carboxylic acids is 1. The zero-order valence-corrected chi connectivity index (χ0v) is 6.92. The molecule has 0 aromatic carbocycles. The smallest absolute Gasteiger partial charge is 0.234 e. The van der Waals surface area contributed by atoms with Crippen LogP contribution >= 0.6 is 0 Å². The molecular formula is C8H14N2O. The molecule has 1 atom stereocenters. The Hall–Kier alpha value is -0.660. The van der Waals surface area contributed by atoms with Crippen molar-refractivity contribution >= 4 is 6.08 Å². The topological polar surface area (TPSA) is 32.7 Å². The van der Waals surface area contributed by atoms with Crippen molar-refractivity contribution in [3.05, 3.63) is 0 Å². The van der Waals surface area contributed by atoms with E-state index >= 15 is 0 Å². The van der Waals surface area contributed by atoms with Gasteiger partial charge in [0.25, 0.3) is 0 Å². The minimum absolute atomic E-state index is 0.579. The van der Waals surface area contributed by atoms with Gasteiger partial charge in [-0.3, -0.25) is 0 Å². The van der Waals surface area contributed by atoms with E-state index in [9.17, 15) is 4.79 Å². The highest BCUT2D eigenvalue weighted by atomic mass is 16.1. The molecule has 0 spiro atoms. The van der Waals surface area contributed by atoms with Crippen molar-refractivity contribution in [2.24, 2.45) is 10.9 Å². The van der Waals surface area contributed by atoms with Crippen molar-refractivity contribution in [1.82, 2.24) is 4.90 Å². The van der Waals surface area contributed by atoms with Gasteiger partial charge < -0.3 is 4.90 Å². The molecule has 1 rings (SSSR count). The molecule has 0 N–H and O–H groups in total. The molecule has 1 aliphatic rings. The lowest BCUT2D eigenvalue weighted by Gasteiger charge is -2.28. The molecule has 1 heterocycles. The molecular weight excluding hydrogens is 140 g/mol. The van der Waals surface area contributed by atoms with Gasteiger partial charge in [0.15, 0.2) is 0 Å². The van der Waals surface area contributed by atoms with Gasteiger partial charge >= 0.3 is 0 Å². The van der Waals surface area contributed by atoms with Gasteiger partial charge in [-0.2, -0.15) is 0 Å². The summed E-state index contributed by atoms with van der Waals surface area (Å²) in [6, 6.07) is 0. The van der Waals surface area contributed by atoms with Crippen molar-refractivity contribution in [2.75, 3.05) is 26.7 Å². The highest BCUT2D eigenvalue weighted by Gasteiger charge is 2.15. The Labute approximate surface area is 67.1 Å². The molecule has 1 aliphatic heterocycles. The maximum absolute atomic E-state index is 9.82. The number of rotatable bonds is 2. The van der Waals surface area contributed by atoms with E-state index in [1.807, 2.05) is 0 Å². The Kier molecular flexibility index (Phi) is 3.27. The Morgan fingerprint density at radius 3 is 3.18 bits per heavy atom. The normalized spacial score (nSPS) is 26.1. The van der Waals surface area contributed by atoms with Crippen LogP contribution in [0.5, 0.6) is 0 Å². The minimum Gasteiger partial charge on any atom is -0.306 e. The summed E-state index contributed by atoms with van der Waals surface area (Å²) >= 11 is 0. The SMILES string of the molecule is CN1CCCC(CN=C=O)C1. The maximum Gasteiger partial charge on any atom is 0.234 e. The van der Waals surface area contributed by atoms with Crippen LogP contribution in [0.4, 0.5) is 0 Å². The van der Waals surface area contributed by atoms with E-state index in [2.05, 4.69) is 16.9 Å². The van der Waals surface area contributed by atoms with E-state index in [-0.39, 0.29) is 0 Å². The minimum atomic E-state index is 0.579. The van der Waals surface area contributed by atoms with E-state index in [1.54, 1.807) is 6.08 Å². The van der Waals surface area contributed by atoms with Crippen LogP contribution in [0, 0.1) is 5.92 Å². The van der Waals surface area contributed by atoms with Crippen molar-refractivity contribution in [2.45, 2.75) is 12.8 Å². The molecule has 3 heteroatoms. The fourth-order valence-electron chi connectivity index (χ4n) is 1.59. The Morgan fingerprint density at radius 1 is 1.73 bits per heavy atom. The third-order valence-electron chi connectivity index (χ3n) is 2.14. The molecule has 0 saturated carbocycles. The lowest BCUT2D eigenvalue weighted by atomic mass is 9.99. The number of aliphatic imine (C=N–C) groups is 1. The van der Waals surface area contributed by atoms with Gasteiger partial charge in [0.2, 0.25) is 6.08 Å². The van der Waals surface area contributed by atoms with E-state index in [0.29, 0.717) is 12.5 Å². The standard InChI is InChI=1S/C8H14N2O/c1-10-4-2-3-8(6-10)5-9-7-11/h8H,2-6H2,1H3. The second-order valence-corrected chi connectivity index (χ2v) is 3.20. The van der Waals surface area contributed by atoms with Crippen molar-refractivity contribution in [1.29, 1.82) is 0 Å². The summed E-state index contributed by atoms with van der Waals surface area (Å²) in [6.45, 7) is 2.92. The first-order valence-corrected chi connectivity index (χ1v) is 4.05. The molecule has 3 nitrogen and oxygen atoms in total. The number of isocyanates is 1. The average Bonchev–Trinajstić information content (AvgIpc) is 2.01. The predicted molar refractivity (Wildman–Crippen MR) is 43.2 cm³/mol. The summed E-state index contributed by atoms with van der Waals surface area (Å²) in [5.41, 5.74) is 0. The fraction of sp³-hybridized carbons (Fsp3) is 0.875. The largest absolute Gasteiger partial charge is 0.306 e. The summed E-state index contributed by atoms with van der Waals surface area (Å²) in [7, 11) is 2.11. The molecule has 0 amide bonds. The lowest BCUT2D eigenvalue weighted by Crippen LogP contribution is -2.33. The van der Waals surface area contributed by atoms with Crippen LogP contribution in [0.15, 0.2) is 4.99 Å². The molecule has 0 aromatic rings. The van der Waals surface area contributed by atoms with Crippen LogP contribution in [-0.2, 0) is 4.79 Å². The third-order valence-corrected chi connectivity index (χ3v) is 2.14. The first-order chi connectivity index (χ1) is 5.33. The zero-order valence-electron chi connectivity index (χ0n) is 6.92. The highest BCUT2D eigenvalue weighted by Crippen LogP contribution is 2.14. The number of piperidine rings is 1. The Bertz CT molecular complexity index is 163. The monoisotopic (exact) mass is 154 g/mol. The van der Waals surface area contributed by atoms with E-state index in [1.165, 1.54) is 19.4 Å². The zero-order chi connectivity index (χ0) is 8.10. The fourth-order valence-corrected chi connectivity index (χ4v) is 1.59. The second kappa shape index (κ2) is 4.27. The molecule has 11 heavy (non-hydrogen) atoms. The highest BCUT2D eigenvalue weighted by molar-refractivity contribution is 5.32. The second-order valence-electron chi connectivity index (χ2n) is 3.20. The van der Waals surface area contributed by atoms with Crippen LogP contribution < -0.4 is 0 Å². The van der Waals surface area contributed by atoms with Gasteiger partial charge in [-0.1, -0.05) is 0 Å². The average molecular weight is 154 g/mol. The molecule has 1 fully saturated rings. The van der Waals surface area contributed by atoms with Crippen LogP contribution in [0.1, 0.15) is 12.8 Å². The molecule has 0 aliphatic carbocycles. The van der Waals surface area contributed by atoms with Gasteiger partial charge in [0.05, 0.1) is 6.54 Å². The van der Waals surface area contributed by atoms with Gasteiger partial charge in [-0.15, -0.1) is 0 Å². The summed E-state index contributed by atoms with van der Waals surface area (Å²) in [5, 5.41) is 0. The van der Waals surface area contributed by atoms with Gasteiger partial charge in [-0.25, -0.2) is 9.79 Å². The van der Waals surface area contributed by atoms with E-state index in [4.69, 9.17) is 0 Å². The number of hydrogen-bond donors (Lipinski definition) is 0. The lowest BCUT2D eigenvalue weighted by molar-refractivity contribution is 0.214. The Balaban J connectivity index is 2.27. The quantitative estimate of drug-likeness (QED) is 0.432. The summed E-state index contributed by atoms with van der Waals surface area (Å²) in [4.78, 5) is 15.7. The number of hydrogen-bond acceptors (Lipinski definition) is 3. The maximum atomic E-state index is 9.82. The molecule has 1 unspecified atom stereocenters.